The topological polar surface area (TPSA) is 78.5 Å². The number of rotatable bonds is 4. The van der Waals surface area contributed by atoms with Crippen LogP contribution in [0.25, 0.3) is 0 Å². The lowest BCUT2D eigenvalue weighted by molar-refractivity contribution is -0.119. The summed E-state index contributed by atoms with van der Waals surface area (Å²) in [4.78, 5) is 37.6. The van der Waals surface area contributed by atoms with Crippen LogP contribution >= 0.6 is 12.2 Å². The van der Waals surface area contributed by atoms with Crippen LogP contribution < -0.4 is 10.6 Å². The molecule has 1 heterocycles. The molecule has 6 nitrogen and oxygen atoms in total. The first-order chi connectivity index (χ1) is 12.1. The van der Waals surface area contributed by atoms with Crippen LogP contribution in [-0.2, 0) is 4.79 Å². The Morgan fingerprint density at radius 1 is 1.08 bits per heavy atom. The smallest absolute Gasteiger partial charge is 0.261 e. The van der Waals surface area contributed by atoms with E-state index >= 15 is 0 Å². The van der Waals surface area contributed by atoms with Crippen LogP contribution in [0.1, 0.15) is 59.2 Å². The van der Waals surface area contributed by atoms with E-state index in [9.17, 15) is 14.4 Å². The second-order valence-electron chi connectivity index (χ2n) is 6.41. The van der Waals surface area contributed by atoms with Gasteiger partial charge < -0.3 is 10.6 Å². The van der Waals surface area contributed by atoms with Gasteiger partial charge in [0, 0.05) is 19.0 Å². The van der Waals surface area contributed by atoms with Crippen LogP contribution in [0.5, 0.6) is 0 Å². The molecule has 0 spiro atoms. The molecule has 25 heavy (non-hydrogen) atoms. The largest absolute Gasteiger partial charge is 0.360 e. The summed E-state index contributed by atoms with van der Waals surface area (Å²) in [5, 5.41) is 6.11. The lowest BCUT2D eigenvalue weighted by Crippen LogP contribution is -2.45. The Bertz CT molecular complexity index is 678. The standard InChI is InChI=1S/C18H21N3O3S/c22-15(20-18(25)19-12-6-2-1-3-7-12)10-11-21-16(23)13-8-4-5-9-14(13)17(21)24/h4-5,8-9,12H,1-3,6-7,10-11H2,(H2,19,20,22,25). The quantitative estimate of drug-likeness (QED) is 0.635. The van der Waals surface area contributed by atoms with Crippen molar-refractivity contribution in [1.29, 1.82) is 0 Å². The van der Waals surface area contributed by atoms with Gasteiger partial charge in [-0.15, -0.1) is 0 Å². The molecule has 1 aromatic rings. The number of carbonyl (C=O) groups is 3. The van der Waals surface area contributed by atoms with Gasteiger partial charge in [-0.1, -0.05) is 31.4 Å². The van der Waals surface area contributed by atoms with Gasteiger partial charge in [0.05, 0.1) is 11.1 Å². The molecule has 2 aliphatic rings. The Morgan fingerprint density at radius 3 is 2.28 bits per heavy atom. The monoisotopic (exact) mass is 359 g/mol. The van der Waals surface area contributed by atoms with Crippen molar-refractivity contribution in [2.24, 2.45) is 0 Å². The first kappa shape index (κ1) is 17.5. The van der Waals surface area contributed by atoms with Gasteiger partial charge in [0.1, 0.15) is 0 Å². The average Bonchev–Trinajstić information content (AvgIpc) is 2.85. The number of benzene rings is 1. The van der Waals surface area contributed by atoms with E-state index in [-0.39, 0.29) is 30.7 Å². The highest BCUT2D eigenvalue weighted by atomic mass is 32.1. The molecule has 1 fully saturated rings. The van der Waals surface area contributed by atoms with Crippen molar-refractivity contribution in [2.45, 2.75) is 44.6 Å². The van der Waals surface area contributed by atoms with Gasteiger partial charge in [0.15, 0.2) is 5.11 Å². The van der Waals surface area contributed by atoms with Crippen molar-refractivity contribution in [1.82, 2.24) is 15.5 Å². The van der Waals surface area contributed by atoms with Gasteiger partial charge in [0.2, 0.25) is 5.91 Å². The van der Waals surface area contributed by atoms with Crippen molar-refractivity contribution >= 4 is 35.1 Å². The number of carbonyl (C=O) groups excluding carboxylic acids is 3. The summed E-state index contributed by atoms with van der Waals surface area (Å²) in [6.07, 6.45) is 5.74. The predicted octanol–water partition coefficient (Wildman–Crippen LogP) is 2.00. The van der Waals surface area contributed by atoms with Gasteiger partial charge in [-0.3, -0.25) is 19.3 Å². The van der Waals surface area contributed by atoms with E-state index in [2.05, 4.69) is 10.6 Å². The fourth-order valence-electron chi connectivity index (χ4n) is 3.31. The second kappa shape index (κ2) is 7.74. The molecule has 0 bridgehead atoms. The first-order valence-electron chi connectivity index (χ1n) is 8.62. The van der Waals surface area contributed by atoms with E-state index < -0.39 is 0 Å². The molecular formula is C18H21N3O3S. The minimum Gasteiger partial charge on any atom is -0.360 e. The number of fused-ring (bicyclic) bond motifs is 1. The molecule has 0 aromatic heterocycles. The van der Waals surface area contributed by atoms with Crippen molar-refractivity contribution in [3.8, 4) is 0 Å². The van der Waals surface area contributed by atoms with Crippen LogP contribution in [-0.4, -0.2) is 40.3 Å². The molecule has 2 N–H and O–H groups in total. The van der Waals surface area contributed by atoms with E-state index in [0.717, 1.165) is 17.7 Å². The molecule has 1 aliphatic carbocycles. The van der Waals surface area contributed by atoms with E-state index in [1.165, 1.54) is 19.3 Å². The highest BCUT2D eigenvalue weighted by Crippen LogP contribution is 2.22. The average molecular weight is 359 g/mol. The Balaban J connectivity index is 1.47. The number of imide groups is 1. The fraction of sp³-hybridized carbons (Fsp3) is 0.444. The summed E-state index contributed by atoms with van der Waals surface area (Å²) in [7, 11) is 0. The molecule has 3 amide bonds. The fourth-order valence-corrected chi connectivity index (χ4v) is 3.59. The Hall–Kier alpha value is -2.28. The molecule has 0 radical (unpaired) electrons. The maximum Gasteiger partial charge on any atom is 0.261 e. The van der Waals surface area contributed by atoms with Crippen molar-refractivity contribution in [2.75, 3.05) is 6.54 Å². The van der Waals surface area contributed by atoms with E-state index in [1.807, 2.05) is 0 Å². The van der Waals surface area contributed by atoms with Crippen LogP contribution in [0.15, 0.2) is 24.3 Å². The summed E-state index contributed by atoms with van der Waals surface area (Å²) < 4.78 is 0. The molecule has 132 valence electrons. The summed E-state index contributed by atoms with van der Waals surface area (Å²) >= 11 is 5.17. The number of thiocarbonyl (C=S) groups is 1. The number of hydrogen-bond acceptors (Lipinski definition) is 4. The van der Waals surface area contributed by atoms with Crippen molar-refractivity contribution < 1.29 is 14.4 Å². The van der Waals surface area contributed by atoms with Crippen LogP contribution in [0.4, 0.5) is 0 Å². The van der Waals surface area contributed by atoms with Gasteiger partial charge in [-0.25, -0.2) is 0 Å². The molecule has 1 aliphatic heterocycles. The normalized spacial score (nSPS) is 17.4. The van der Waals surface area contributed by atoms with Gasteiger partial charge >= 0.3 is 0 Å². The van der Waals surface area contributed by atoms with Crippen LogP contribution in [0.3, 0.4) is 0 Å². The number of nitrogens with zero attached hydrogens (tertiary/aromatic N) is 1. The zero-order chi connectivity index (χ0) is 17.8. The summed E-state index contributed by atoms with van der Waals surface area (Å²) in [5.41, 5.74) is 0.782. The van der Waals surface area contributed by atoms with E-state index in [1.54, 1.807) is 24.3 Å². The molecule has 0 atom stereocenters. The number of hydrogen-bond donors (Lipinski definition) is 2. The molecule has 0 saturated heterocycles. The Kier molecular flexibility index (Phi) is 5.43. The van der Waals surface area contributed by atoms with E-state index in [0.29, 0.717) is 22.3 Å². The highest BCUT2D eigenvalue weighted by molar-refractivity contribution is 7.80. The maximum absolute atomic E-state index is 12.2. The minimum atomic E-state index is -0.351. The van der Waals surface area contributed by atoms with Crippen LogP contribution in [0.2, 0.25) is 0 Å². The zero-order valence-electron chi connectivity index (χ0n) is 13.9. The number of nitrogens with one attached hydrogen (secondary N) is 2. The molecule has 7 heteroatoms. The van der Waals surface area contributed by atoms with Crippen LogP contribution in [0, 0.1) is 0 Å². The Labute approximate surface area is 152 Å². The third-order valence-electron chi connectivity index (χ3n) is 4.63. The van der Waals surface area contributed by atoms with Gasteiger partial charge in [-0.05, 0) is 37.2 Å². The van der Waals surface area contributed by atoms with Crippen molar-refractivity contribution in [3.63, 3.8) is 0 Å². The highest BCUT2D eigenvalue weighted by Gasteiger charge is 2.35. The van der Waals surface area contributed by atoms with Gasteiger partial charge in [0.25, 0.3) is 11.8 Å². The lowest BCUT2D eigenvalue weighted by Gasteiger charge is -2.24. The molecule has 1 saturated carbocycles. The van der Waals surface area contributed by atoms with Gasteiger partial charge in [-0.2, -0.15) is 0 Å². The summed E-state index contributed by atoms with van der Waals surface area (Å²) in [6, 6.07) is 7.00. The van der Waals surface area contributed by atoms with Crippen molar-refractivity contribution in [3.05, 3.63) is 35.4 Å². The minimum absolute atomic E-state index is 0.0257. The first-order valence-corrected chi connectivity index (χ1v) is 9.02. The SMILES string of the molecule is O=C(CCN1C(=O)c2ccccc2C1=O)NC(=S)NC1CCCCC1. The summed E-state index contributed by atoms with van der Waals surface area (Å²) in [6.45, 7) is 0.0459. The predicted molar refractivity (Wildman–Crippen MR) is 97.2 cm³/mol. The van der Waals surface area contributed by atoms with E-state index in [4.69, 9.17) is 12.2 Å². The molecular weight excluding hydrogens is 338 g/mol. The summed E-state index contributed by atoms with van der Waals surface area (Å²) in [5.74, 6) is -1.00. The molecule has 1 aromatic carbocycles. The molecule has 3 rings (SSSR count). The second-order valence-corrected chi connectivity index (χ2v) is 6.82. The third-order valence-corrected chi connectivity index (χ3v) is 4.85. The Morgan fingerprint density at radius 2 is 1.68 bits per heavy atom. The maximum atomic E-state index is 12.2. The lowest BCUT2D eigenvalue weighted by atomic mass is 9.96. The zero-order valence-corrected chi connectivity index (χ0v) is 14.7. The molecule has 0 unspecified atom stereocenters. The number of amides is 3. The third kappa shape index (κ3) is 4.04.